The minimum Gasteiger partial charge on any atom is -0.457 e. The van der Waals surface area contributed by atoms with Crippen LogP contribution in [0.5, 0.6) is 0 Å². The quantitative estimate of drug-likeness (QED) is 0.0291. The van der Waals surface area contributed by atoms with E-state index in [1.807, 2.05) is 32.9 Å². The van der Waals surface area contributed by atoms with Crippen molar-refractivity contribution in [3.05, 3.63) is 36.0 Å². The van der Waals surface area contributed by atoms with Gasteiger partial charge in [0.2, 0.25) is 0 Å². The second-order valence-electron chi connectivity index (χ2n) is 18.9. The maximum absolute atomic E-state index is 14.0. The van der Waals surface area contributed by atoms with E-state index in [9.17, 15) is 9.59 Å². The molecule has 2 aliphatic rings. The Hall–Kier alpha value is -1.39. The topological polar surface area (TPSA) is 102 Å². The predicted octanol–water partition coefficient (Wildman–Crippen LogP) is 12.9. The molecule has 2 heterocycles. The van der Waals surface area contributed by atoms with Crippen molar-refractivity contribution in [1.82, 2.24) is 0 Å². The van der Waals surface area contributed by atoms with Crippen molar-refractivity contribution in [3.63, 3.8) is 0 Å². The summed E-state index contributed by atoms with van der Waals surface area (Å²) in [7, 11) is -4.20. The van der Waals surface area contributed by atoms with Crippen molar-refractivity contribution in [3.8, 4) is 0 Å². The average Bonchev–Trinajstić information content (AvgIpc) is 4.02. The molecule has 0 aromatic carbocycles. The number of epoxide rings is 1. The number of hydrogen-bond acceptors (Lipinski definition) is 9. The van der Waals surface area contributed by atoms with E-state index in [-0.39, 0.29) is 48.7 Å². The predicted molar refractivity (Wildman–Crippen MR) is 259 cm³/mol. The Labute approximate surface area is 377 Å². The lowest BCUT2D eigenvalue weighted by molar-refractivity contribution is -0.160. The lowest BCUT2D eigenvalue weighted by Gasteiger charge is -2.39. The molecule has 10 unspecified atom stereocenters. The van der Waals surface area contributed by atoms with Crippen LogP contribution in [0.4, 0.5) is 0 Å². The molecular formula is C49H92O9Si3. The molecule has 0 radical (unpaired) electrons. The highest BCUT2D eigenvalue weighted by Crippen LogP contribution is 2.43. The first-order valence-electron chi connectivity index (χ1n) is 24.4. The van der Waals surface area contributed by atoms with Gasteiger partial charge in [0.05, 0.1) is 30.3 Å². The lowest BCUT2D eigenvalue weighted by Crippen LogP contribution is -2.46. The summed E-state index contributed by atoms with van der Waals surface area (Å²) in [5, 5.41) is 0. The zero-order valence-corrected chi connectivity index (χ0v) is 45.1. The molecule has 12 heteroatoms. The number of ether oxygens (including phenoxy) is 4. The van der Waals surface area contributed by atoms with Crippen molar-refractivity contribution in [2.75, 3.05) is 7.11 Å². The van der Waals surface area contributed by atoms with E-state index in [0.717, 1.165) is 72.8 Å². The van der Waals surface area contributed by atoms with Crippen LogP contribution in [-0.2, 0) is 41.8 Å². The van der Waals surface area contributed by atoms with E-state index >= 15 is 0 Å². The third kappa shape index (κ3) is 15.6. The van der Waals surface area contributed by atoms with Gasteiger partial charge in [0.1, 0.15) is 17.8 Å². The molecule has 0 N–H and O–H groups in total. The van der Waals surface area contributed by atoms with Crippen LogP contribution in [0.2, 0.25) is 54.4 Å². The molecule has 0 spiro atoms. The molecule has 1 saturated heterocycles. The summed E-state index contributed by atoms with van der Waals surface area (Å²) in [5.41, 5.74) is -0.451. The summed E-state index contributed by atoms with van der Waals surface area (Å²) in [5.74, 6) is -0.575. The Balaban J connectivity index is 2.55. The van der Waals surface area contributed by atoms with E-state index < -0.39 is 48.4 Å². The molecule has 9 nitrogen and oxygen atoms in total. The van der Waals surface area contributed by atoms with Gasteiger partial charge in [-0.2, -0.15) is 0 Å². The monoisotopic (exact) mass is 909 g/mol. The minimum atomic E-state index is -2.07. The first kappa shape index (κ1) is 55.7. The summed E-state index contributed by atoms with van der Waals surface area (Å²) in [6.45, 7) is 34.6. The second kappa shape index (κ2) is 25.3. The number of methoxy groups -OCH3 is 1. The van der Waals surface area contributed by atoms with Crippen molar-refractivity contribution in [1.29, 1.82) is 0 Å². The fraction of sp³-hybridized carbons (Fsp3) is 0.837. The Morgan fingerprint density at radius 3 is 1.95 bits per heavy atom. The molecule has 0 aliphatic carbocycles. The highest BCUT2D eigenvalue weighted by Gasteiger charge is 2.51. The van der Waals surface area contributed by atoms with Crippen LogP contribution < -0.4 is 0 Å². The van der Waals surface area contributed by atoms with Gasteiger partial charge in [0, 0.05) is 38.4 Å². The first-order valence-corrected chi connectivity index (χ1v) is 32.0. The van der Waals surface area contributed by atoms with Gasteiger partial charge in [0.25, 0.3) is 0 Å². The Bertz CT molecular complexity index is 1400. The minimum absolute atomic E-state index is 0.0936. The maximum atomic E-state index is 14.0. The number of hydrogen-bond donors (Lipinski definition) is 0. The van der Waals surface area contributed by atoms with Gasteiger partial charge >= 0.3 is 11.9 Å². The van der Waals surface area contributed by atoms with Gasteiger partial charge in [-0.1, -0.05) is 107 Å². The number of rotatable bonds is 25. The zero-order chi connectivity index (χ0) is 46.2. The molecule has 2 aliphatic heterocycles. The molecule has 0 amide bonds. The first-order chi connectivity index (χ1) is 28.7. The SMILES string of the molecule is CCC(O[Si](CC)(CC)CC)C(C)C1OC1CC(C)(C=CC=C(C)C1OC(=O)CC(O[Si](CC)(CC)CC)CCC(C)(OC)C(OC(C)=O)C=CC1C)O[Si](CC)(CC)CC. The fourth-order valence-electron chi connectivity index (χ4n) is 9.66. The normalized spacial score (nSPS) is 28.1. The molecule has 354 valence electrons. The smallest absolute Gasteiger partial charge is 0.308 e. The molecule has 2 rings (SSSR count). The summed E-state index contributed by atoms with van der Waals surface area (Å²) < 4.78 is 46.3. The molecule has 0 saturated carbocycles. The Kier molecular flexibility index (Phi) is 23.2. The van der Waals surface area contributed by atoms with Gasteiger partial charge in [-0.25, -0.2) is 0 Å². The van der Waals surface area contributed by atoms with Crippen molar-refractivity contribution in [2.45, 2.75) is 245 Å². The summed E-state index contributed by atoms with van der Waals surface area (Å²) in [4.78, 5) is 26.4. The van der Waals surface area contributed by atoms with Crippen LogP contribution in [0, 0.1) is 11.8 Å². The Morgan fingerprint density at radius 1 is 0.902 bits per heavy atom. The van der Waals surface area contributed by atoms with Gasteiger partial charge in [-0.15, -0.1) is 0 Å². The summed E-state index contributed by atoms with van der Waals surface area (Å²) >= 11 is 0. The van der Waals surface area contributed by atoms with E-state index in [1.54, 1.807) is 7.11 Å². The Morgan fingerprint density at radius 2 is 1.46 bits per heavy atom. The van der Waals surface area contributed by atoms with Crippen molar-refractivity contribution < 1.29 is 41.8 Å². The summed E-state index contributed by atoms with van der Waals surface area (Å²) in [6, 6.07) is 9.50. The van der Waals surface area contributed by atoms with Crippen LogP contribution in [0.15, 0.2) is 36.0 Å². The van der Waals surface area contributed by atoms with E-state index in [4.69, 9.17) is 32.2 Å². The van der Waals surface area contributed by atoms with Crippen LogP contribution in [0.25, 0.3) is 0 Å². The second-order valence-corrected chi connectivity index (χ2v) is 33.0. The number of cyclic esters (lactones) is 1. The van der Waals surface area contributed by atoms with Gasteiger partial charge in [-0.05, 0) is 106 Å². The molecule has 0 aromatic heterocycles. The highest BCUT2D eigenvalue weighted by molar-refractivity contribution is 6.74. The standard InChI is InChI=1S/C49H92O9Si3/c1-18-42(57-60(22-5,23-6)24-7)39(13)47-43(54-47)36-48(15,58-61(25-8,26-9)27-10)33-28-29-37(11)46-38(12)30-31-44(53-40(14)50)49(16,52-17)34-32-41(35-45(51)55-46)56-59(19-2,20-3)21-4/h28-31,33,38-39,41-44,46-47H,18-27,32,34-36H2,1-17H3. The van der Waals surface area contributed by atoms with Gasteiger partial charge < -0.3 is 32.2 Å². The fourth-order valence-corrected chi connectivity index (χ4v) is 18.7. The highest BCUT2D eigenvalue weighted by atomic mass is 28.4. The molecule has 0 aromatic rings. The van der Waals surface area contributed by atoms with E-state index in [2.05, 4.69) is 101 Å². The van der Waals surface area contributed by atoms with Crippen LogP contribution in [0.3, 0.4) is 0 Å². The molecule has 0 bridgehead atoms. The average molecular weight is 910 g/mol. The van der Waals surface area contributed by atoms with Crippen LogP contribution in [0.1, 0.15) is 143 Å². The molecule has 1 fully saturated rings. The zero-order valence-electron chi connectivity index (χ0n) is 42.1. The largest absolute Gasteiger partial charge is 0.457 e. The van der Waals surface area contributed by atoms with E-state index in [1.165, 1.54) is 6.92 Å². The summed E-state index contributed by atoms with van der Waals surface area (Å²) in [6.07, 6.45) is 12.2. The van der Waals surface area contributed by atoms with E-state index in [0.29, 0.717) is 18.8 Å². The number of carbonyl (C=O) groups excluding carboxylic acids is 2. The van der Waals surface area contributed by atoms with Crippen molar-refractivity contribution >= 4 is 36.9 Å². The number of esters is 2. The number of allylic oxidation sites excluding steroid dienone is 2. The van der Waals surface area contributed by atoms with Crippen LogP contribution >= 0.6 is 0 Å². The molecule has 61 heavy (non-hydrogen) atoms. The van der Waals surface area contributed by atoms with Crippen LogP contribution in [-0.4, -0.2) is 91.8 Å². The maximum Gasteiger partial charge on any atom is 0.308 e. The van der Waals surface area contributed by atoms with Crippen molar-refractivity contribution in [2.24, 2.45) is 11.8 Å². The number of carbonyl (C=O) groups is 2. The molecular weight excluding hydrogens is 817 g/mol. The lowest BCUT2D eigenvalue weighted by atomic mass is 9.88. The van der Waals surface area contributed by atoms with Gasteiger partial charge in [-0.3, -0.25) is 9.59 Å². The third-order valence-corrected chi connectivity index (χ3v) is 29.2. The van der Waals surface area contributed by atoms with Gasteiger partial charge in [0.15, 0.2) is 25.0 Å². The third-order valence-electron chi connectivity index (χ3n) is 15.1. The molecule has 10 atom stereocenters.